The summed E-state index contributed by atoms with van der Waals surface area (Å²) in [4.78, 5) is 72.3. The average molecular weight is 1240 g/mol. The maximum Gasteiger partial charge on any atom is 0.472 e. The average Bonchev–Trinajstić information content (AvgIpc) is 3.54. The summed E-state index contributed by atoms with van der Waals surface area (Å²) in [6, 6.07) is 0. The van der Waals surface area contributed by atoms with Crippen LogP contribution in [0.4, 0.5) is 0 Å². The van der Waals surface area contributed by atoms with Gasteiger partial charge in [-0.25, -0.2) is 9.13 Å². The smallest absolute Gasteiger partial charge is 0.462 e. The number of hydrogen-bond acceptors (Lipinski definition) is 15. The number of aliphatic hydroxyl groups is 1. The fraction of sp³-hybridized carbons (Fsp3) is 0.938. The largest absolute Gasteiger partial charge is 0.472 e. The molecular weight excluding hydrogens is 1110 g/mol. The summed E-state index contributed by atoms with van der Waals surface area (Å²) in [5, 5.41) is 10.5. The first-order valence-corrected chi connectivity index (χ1v) is 37.1. The van der Waals surface area contributed by atoms with Crippen LogP contribution < -0.4 is 0 Å². The normalized spacial score (nSPS) is 14.9. The lowest BCUT2D eigenvalue weighted by atomic mass is 10.00. The molecule has 0 aromatic carbocycles. The van der Waals surface area contributed by atoms with Crippen molar-refractivity contribution in [3.63, 3.8) is 0 Å². The summed E-state index contributed by atoms with van der Waals surface area (Å²) >= 11 is 0. The zero-order valence-electron chi connectivity index (χ0n) is 54.2. The third-order valence-electron chi connectivity index (χ3n) is 15.7. The van der Waals surface area contributed by atoms with E-state index in [2.05, 4.69) is 41.5 Å². The van der Waals surface area contributed by atoms with E-state index in [1.165, 1.54) is 135 Å². The predicted octanol–water partition coefficient (Wildman–Crippen LogP) is 18.0. The lowest BCUT2D eigenvalue weighted by Crippen LogP contribution is -2.30. The van der Waals surface area contributed by atoms with Gasteiger partial charge in [-0.3, -0.25) is 37.3 Å². The zero-order chi connectivity index (χ0) is 62.2. The molecule has 0 aromatic heterocycles. The molecule has 0 radical (unpaired) electrons. The van der Waals surface area contributed by atoms with E-state index < -0.39 is 97.5 Å². The topological polar surface area (TPSA) is 237 Å². The Balaban J connectivity index is 5.26. The lowest BCUT2D eigenvalue weighted by molar-refractivity contribution is -0.161. The first-order valence-electron chi connectivity index (χ1n) is 34.1. The van der Waals surface area contributed by atoms with Gasteiger partial charge in [-0.2, -0.15) is 0 Å². The van der Waals surface area contributed by atoms with Gasteiger partial charge >= 0.3 is 39.5 Å². The zero-order valence-corrected chi connectivity index (χ0v) is 56.0. The summed E-state index contributed by atoms with van der Waals surface area (Å²) < 4.78 is 68.0. The highest BCUT2D eigenvalue weighted by Crippen LogP contribution is 2.45. The Morgan fingerprint density at radius 3 is 0.845 bits per heavy atom. The Labute approximate surface area is 511 Å². The number of hydrogen-bond donors (Lipinski definition) is 3. The number of carbonyl (C=O) groups is 4. The molecule has 0 saturated carbocycles. The van der Waals surface area contributed by atoms with Crippen LogP contribution in [0.5, 0.6) is 0 Å². The molecular formula is C65H126O17P2. The minimum atomic E-state index is -4.94. The van der Waals surface area contributed by atoms with E-state index in [1.807, 2.05) is 0 Å². The van der Waals surface area contributed by atoms with Crippen LogP contribution >= 0.6 is 15.6 Å². The van der Waals surface area contributed by atoms with Gasteiger partial charge in [-0.15, -0.1) is 0 Å². The molecule has 0 aliphatic carbocycles. The molecule has 7 atom stereocenters. The number of rotatable bonds is 64. The van der Waals surface area contributed by atoms with Crippen LogP contribution in [0.15, 0.2) is 0 Å². The van der Waals surface area contributed by atoms with Crippen LogP contribution in [0.2, 0.25) is 0 Å². The number of phosphoric ester groups is 2. The van der Waals surface area contributed by atoms with Gasteiger partial charge < -0.3 is 33.8 Å². The Hall–Kier alpha value is -1.94. The Morgan fingerprint density at radius 1 is 0.333 bits per heavy atom. The summed E-state index contributed by atoms with van der Waals surface area (Å²) in [5.41, 5.74) is 0. The van der Waals surface area contributed by atoms with E-state index in [1.54, 1.807) is 0 Å². The van der Waals surface area contributed by atoms with Crippen molar-refractivity contribution in [1.29, 1.82) is 0 Å². The molecule has 0 saturated heterocycles. The molecule has 0 aliphatic heterocycles. The minimum absolute atomic E-state index is 0.102. The van der Waals surface area contributed by atoms with E-state index in [4.69, 9.17) is 37.0 Å². The van der Waals surface area contributed by atoms with Gasteiger partial charge in [-0.1, -0.05) is 273 Å². The van der Waals surface area contributed by atoms with Gasteiger partial charge in [0, 0.05) is 25.7 Å². The molecule has 84 heavy (non-hydrogen) atoms. The molecule has 0 fully saturated rings. The van der Waals surface area contributed by atoms with Crippen molar-refractivity contribution in [3.05, 3.63) is 0 Å². The molecule has 0 aromatic rings. The highest BCUT2D eigenvalue weighted by molar-refractivity contribution is 7.47. The fourth-order valence-corrected chi connectivity index (χ4v) is 11.2. The van der Waals surface area contributed by atoms with Crippen molar-refractivity contribution in [2.24, 2.45) is 11.8 Å². The van der Waals surface area contributed by atoms with Crippen molar-refractivity contribution < 1.29 is 80.2 Å². The predicted molar refractivity (Wildman–Crippen MR) is 335 cm³/mol. The number of ether oxygens (including phenoxy) is 4. The van der Waals surface area contributed by atoms with E-state index in [9.17, 15) is 43.2 Å². The lowest BCUT2D eigenvalue weighted by Gasteiger charge is -2.21. The molecule has 0 spiro atoms. The second kappa shape index (κ2) is 57.5. The van der Waals surface area contributed by atoms with Crippen LogP contribution in [0.1, 0.15) is 324 Å². The summed E-state index contributed by atoms with van der Waals surface area (Å²) in [6.07, 6.45) is 40.3. The van der Waals surface area contributed by atoms with Crippen molar-refractivity contribution in [2.75, 3.05) is 39.6 Å². The number of phosphoric acid groups is 2. The first kappa shape index (κ1) is 82.1. The fourth-order valence-electron chi connectivity index (χ4n) is 9.64. The number of carbonyl (C=O) groups excluding carboxylic acids is 4. The number of esters is 4. The second-order valence-electron chi connectivity index (χ2n) is 24.0. The number of aliphatic hydroxyl groups excluding tert-OH is 1. The van der Waals surface area contributed by atoms with Crippen LogP contribution in [-0.2, 0) is 65.4 Å². The highest BCUT2D eigenvalue weighted by atomic mass is 31.2. The van der Waals surface area contributed by atoms with E-state index in [0.717, 1.165) is 108 Å². The maximum atomic E-state index is 13.0. The van der Waals surface area contributed by atoms with Gasteiger partial charge in [0.15, 0.2) is 12.2 Å². The summed E-state index contributed by atoms with van der Waals surface area (Å²) in [6.45, 7) is 9.42. The van der Waals surface area contributed by atoms with Gasteiger partial charge in [0.2, 0.25) is 0 Å². The van der Waals surface area contributed by atoms with Crippen LogP contribution in [0, 0.1) is 11.8 Å². The van der Waals surface area contributed by atoms with Crippen molar-refractivity contribution in [2.45, 2.75) is 342 Å². The third-order valence-corrected chi connectivity index (χ3v) is 17.6. The first-order chi connectivity index (χ1) is 40.4. The quantitative estimate of drug-likeness (QED) is 0.0222. The molecule has 17 nitrogen and oxygen atoms in total. The molecule has 4 unspecified atom stereocenters. The maximum absolute atomic E-state index is 13.0. The molecule has 19 heteroatoms. The Kier molecular flexibility index (Phi) is 56.2. The SMILES string of the molecule is CCCCCCCCCCCCCCC(=O)OC[C@H](COP(=O)(O)OC[C@@H](O)COP(=O)(O)OC[C@@H](COC(=O)CCCCCCCCC(C)CC)OC(=O)CCCCCCCCC(C)CC)OC(=O)CCCCCCCCCCCCCC. The Bertz CT molecular complexity index is 1650. The van der Waals surface area contributed by atoms with E-state index in [0.29, 0.717) is 25.7 Å². The minimum Gasteiger partial charge on any atom is -0.462 e. The van der Waals surface area contributed by atoms with Crippen molar-refractivity contribution >= 4 is 39.5 Å². The molecule has 3 N–H and O–H groups in total. The van der Waals surface area contributed by atoms with Crippen molar-refractivity contribution in [1.82, 2.24) is 0 Å². The standard InChI is InChI=1S/C65H126O17P2/c1-7-11-13-15-17-19-21-23-25-27-35-41-47-62(67)75-53-60(81-64(69)49-43-37-28-26-24-22-20-18-16-14-12-8-2)55-79-83(71,72)77-51-59(66)52-78-84(73,74)80-56-61(82-65(70)50-44-38-32-30-34-40-46-58(6)10-4)54-76-63(68)48-42-36-31-29-33-39-45-57(5)9-3/h57-61,66H,7-56H2,1-6H3,(H,71,72)(H,73,74)/t57?,58?,59-,60-,61-/m1/s1. The van der Waals surface area contributed by atoms with E-state index in [-0.39, 0.29) is 25.7 Å². The monoisotopic (exact) mass is 1240 g/mol. The molecule has 0 rings (SSSR count). The Morgan fingerprint density at radius 2 is 0.571 bits per heavy atom. The van der Waals surface area contributed by atoms with Crippen LogP contribution in [0.25, 0.3) is 0 Å². The highest BCUT2D eigenvalue weighted by Gasteiger charge is 2.30. The second-order valence-corrected chi connectivity index (χ2v) is 26.9. The van der Waals surface area contributed by atoms with Gasteiger partial charge in [0.05, 0.1) is 26.4 Å². The molecule has 0 bridgehead atoms. The third kappa shape index (κ3) is 56.6. The van der Waals surface area contributed by atoms with Gasteiger partial charge in [0.25, 0.3) is 0 Å². The molecule has 498 valence electrons. The molecule has 0 aliphatic rings. The van der Waals surface area contributed by atoms with Gasteiger partial charge in [-0.05, 0) is 37.5 Å². The van der Waals surface area contributed by atoms with Crippen LogP contribution in [0.3, 0.4) is 0 Å². The van der Waals surface area contributed by atoms with Crippen molar-refractivity contribution in [3.8, 4) is 0 Å². The van der Waals surface area contributed by atoms with E-state index >= 15 is 0 Å². The van der Waals surface area contributed by atoms with Gasteiger partial charge in [0.1, 0.15) is 19.3 Å². The van der Waals surface area contributed by atoms with Crippen LogP contribution in [-0.4, -0.2) is 96.7 Å². The summed E-state index contributed by atoms with van der Waals surface area (Å²) in [5.74, 6) is -0.683. The number of unbranched alkanes of at least 4 members (excludes halogenated alkanes) is 32. The summed E-state index contributed by atoms with van der Waals surface area (Å²) in [7, 11) is -9.89. The molecule has 0 heterocycles. The molecule has 0 amide bonds.